The van der Waals surface area contributed by atoms with E-state index >= 15 is 0 Å². The minimum atomic E-state index is -1.08. The molecule has 0 aliphatic carbocycles. The number of aromatic carboxylic acids is 1. The van der Waals surface area contributed by atoms with Crippen LogP contribution in [-0.2, 0) is 16.1 Å². The SMILES string of the molecule is CC1(C(=O)NCc2ccc(C(=O)O)nc2)COCC1N. The van der Waals surface area contributed by atoms with Gasteiger partial charge in [0.25, 0.3) is 0 Å². The van der Waals surface area contributed by atoms with Gasteiger partial charge in [0.2, 0.25) is 5.91 Å². The number of nitrogens with two attached hydrogens (primary N) is 1. The second-order valence-corrected chi connectivity index (χ2v) is 5.08. The van der Waals surface area contributed by atoms with E-state index < -0.39 is 11.4 Å². The number of nitrogens with one attached hydrogen (secondary N) is 1. The van der Waals surface area contributed by atoms with Crippen molar-refractivity contribution in [1.29, 1.82) is 0 Å². The van der Waals surface area contributed by atoms with Crippen molar-refractivity contribution in [3.63, 3.8) is 0 Å². The zero-order valence-electron chi connectivity index (χ0n) is 11.1. The summed E-state index contributed by atoms with van der Waals surface area (Å²) in [5.41, 5.74) is 5.84. The molecule has 4 N–H and O–H groups in total. The van der Waals surface area contributed by atoms with Crippen LogP contribution in [0.3, 0.4) is 0 Å². The van der Waals surface area contributed by atoms with Crippen molar-refractivity contribution in [2.75, 3.05) is 13.2 Å². The number of carbonyl (C=O) groups excluding carboxylic acids is 1. The molecular formula is C13H17N3O4. The highest BCUT2D eigenvalue weighted by Crippen LogP contribution is 2.27. The van der Waals surface area contributed by atoms with E-state index in [1.165, 1.54) is 12.3 Å². The Hall–Kier alpha value is -1.99. The van der Waals surface area contributed by atoms with Gasteiger partial charge < -0.3 is 20.9 Å². The van der Waals surface area contributed by atoms with Crippen LogP contribution in [0.5, 0.6) is 0 Å². The summed E-state index contributed by atoms with van der Waals surface area (Å²) in [7, 11) is 0. The number of rotatable bonds is 4. The van der Waals surface area contributed by atoms with E-state index in [1.54, 1.807) is 13.0 Å². The molecule has 1 fully saturated rings. The van der Waals surface area contributed by atoms with Crippen molar-refractivity contribution in [2.24, 2.45) is 11.1 Å². The van der Waals surface area contributed by atoms with Crippen LogP contribution in [0.15, 0.2) is 18.3 Å². The van der Waals surface area contributed by atoms with E-state index in [9.17, 15) is 9.59 Å². The Labute approximate surface area is 116 Å². The lowest BCUT2D eigenvalue weighted by atomic mass is 9.85. The first kappa shape index (κ1) is 14.4. The van der Waals surface area contributed by atoms with Crippen LogP contribution in [0.2, 0.25) is 0 Å². The molecular weight excluding hydrogens is 262 g/mol. The number of carboxylic acids is 1. The molecule has 7 nitrogen and oxygen atoms in total. The molecule has 20 heavy (non-hydrogen) atoms. The number of carbonyl (C=O) groups is 2. The summed E-state index contributed by atoms with van der Waals surface area (Å²) in [5.74, 6) is -1.26. The van der Waals surface area contributed by atoms with Crippen LogP contribution in [-0.4, -0.2) is 41.2 Å². The lowest BCUT2D eigenvalue weighted by molar-refractivity contribution is -0.130. The molecule has 1 amide bonds. The van der Waals surface area contributed by atoms with Gasteiger partial charge in [-0.15, -0.1) is 0 Å². The first-order valence-electron chi connectivity index (χ1n) is 6.23. The molecule has 1 saturated heterocycles. The monoisotopic (exact) mass is 279 g/mol. The largest absolute Gasteiger partial charge is 0.477 e. The molecule has 2 rings (SSSR count). The third-order valence-electron chi connectivity index (χ3n) is 3.53. The number of nitrogens with zero attached hydrogens (tertiary/aromatic N) is 1. The zero-order chi connectivity index (χ0) is 14.8. The van der Waals surface area contributed by atoms with Crippen molar-refractivity contribution >= 4 is 11.9 Å². The Morgan fingerprint density at radius 3 is 2.85 bits per heavy atom. The molecule has 0 aromatic carbocycles. The van der Waals surface area contributed by atoms with Gasteiger partial charge in [-0.05, 0) is 18.6 Å². The van der Waals surface area contributed by atoms with Gasteiger partial charge in [-0.2, -0.15) is 0 Å². The van der Waals surface area contributed by atoms with Crippen LogP contribution in [0.25, 0.3) is 0 Å². The molecule has 0 spiro atoms. The predicted molar refractivity (Wildman–Crippen MR) is 69.9 cm³/mol. The van der Waals surface area contributed by atoms with E-state index in [2.05, 4.69) is 10.3 Å². The summed E-state index contributed by atoms with van der Waals surface area (Å²) in [4.78, 5) is 26.6. The first-order valence-corrected chi connectivity index (χ1v) is 6.23. The number of aromatic nitrogens is 1. The van der Waals surface area contributed by atoms with Crippen molar-refractivity contribution in [3.8, 4) is 0 Å². The first-order chi connectivity index (χ1) is 9.43. The number of hydrogen-bond acceptors (Lipinski definition) is 5. The highest BCUT2D eigenvalue weighted by Gasteiger charge is 2.44. The number of pyridine rings is 1. The molecule has 2 atom stereocenters. The number of hydrogen-bond donors (Lipinski definition) is 3. The normalized spacial score (nSPS) is 25.4. The molecule has 2 unspecified atom stereocenters. The van der Waals surface area contributed by atoms with Gasteiger partial charge in [0, 0.05) is 18.8 Å². The van der Waals surface area contributed by atoms with Crippen molar-refractivity contribution in [1.82, 2.24) is 10.3 Å². The number of carboxylic acid groups (broad SMARTS) is 1. The molecule has 1 aliphatic rings. The Balaban J connectivity index is 1.95. The highest BCUT2D eigenvalue weighted by atomic mass is 16.5. The topological polar surface area (TPSA) is 115 Å². The third kappa shape index (κ3) is 2.78. The van der Waals surface area contributed by atoms with Crippen LogP contribution in [0, 0.1) is 5.41 Å². The van der Waals surface area contributed by atoms with Gasteiger partial charge in [0.05, 0.1) is 18.6 Å². The minimum Gasteiger partial charge on any atom is -0.477 e. The summed E-state index contributed by atoms with van der Waals surface area (Å²) in [6.07, 6.45) is 1.43. The quantitative estimate of drug-likeness (QED) is 0.700. The van der Waals surface area contributed by atoms with E-state index in [1.807, 2.05) is 0 Å². The molecule has 1 aromatic heterocycles. The van der Waals surface area contributed by atoms with Crippen LogP contribution < -0.4 is 11.1 Å². The maximum absolute atomic E-state index is 12.1. The summed E-state index contributed by atoms with van der Waals surface area (Å²) in [6.45, 7) is 2.72. The summed E-state index contributed by atoms with van der Waals surface area (Å²) in [5, 5.41) is 11.5. The van der Waals surface area contributed by atoms with Gasteiger partial charge in [0.1, 0.15) is 5.69 Å². The van der Waals surface area contributed by atoms with Crippen LogP contribution in [0.1, 0.15) is 23.0 Å². The molecule has 0 radical (unpaired) electrons. The maximum Gasteiger partial charge on any atom is 0.354 e. The van der Waals surface area contributed by atoms with Gasteiger partial charge in [0.15, 0.2) is 0 Å². The Bertz CT molecular complexity index is 517. The standard InChI is InChI=1S/C13H17N3O4/c1-13(7-20-6-10(13)14)12(19)16-5-8-2-3-9(11(17)18)15-4-8/h2-4,10H,5-7,14H2,1H3,(H,16,19)(H,17,18). The maximum atomic E-state index is 12.1. The third-order valence-corrected chi connectivity index (χ3v) is 3.53. The summed E-state index contributed by atoms with van der Waals surface area (Å²) >= 11 is 0. The molecule has 108 valence electrons. The van der Waals surface area contributed by atoms with Gasteiger partial charge in [-0.1, -0.05) is 6.07 Å². The molecule has 2 heterocycles. The highest BCUT2D eigenvalue weighted by molar-refractivity contribution is 5.85. The average Bonchev–Trinajstić information content (AvgIpc) is 2.77. The van der Waals surface area contributed by atoms with E-state index in [0.29, 0.717) is 13.2 Å². The van der Waals surface area contributed by atoms with Crippen molar-refractivity contribution in [3.05, 3.63) is 29.6 Å². The van der Waals surface area contributed by atoms with Gasteiger partial charge in [-0.3, -0.25) is 4.79 Å². The zero-order valence-corrected chi connectivity index (χ0v) is 11.1. The lowest BCUT2D eigenvalue weighted by Gasteiger charge is -2.25. The van der Waals surface area contributed by atoms with Crippen molar-refractivity contribution < 1.29 is 19.4 Å². The molecule has 7 heteroatoms. The van der Waals surface area contributed by atoms with E-state index in [4.69, 9.17) is 15.6 Å². The summed E-state index contributed by atoms with van der Waals surface area (Å²) < 4.78 is 5.22. The second-order valence-electron chi connectivity index (χ2n) is 5.08. The Morgan fingerprint density at radius 2 is 2.35 bits per heavy atom. The fourth-order valence-electron chi connectivity index (χ4n) is 1.96. The second kappa shape index (κ2) is 5.56. The summed E-state index contributed by atoms with van der Waals surface area (Å²) in [6, 6.07) is 2.69. The predicted octanol–water partition coefficient (Wildman–Crippen LogP) is -0.240. The molecule has 1 aliphatic heterocycles. The molecule has 0 bridgehead atoms. The lowest BCUT2D eigenvalue weighted by Crippen LogP contribution is -2.49. The van der Waals surface area contributed by atoms with Gasteiger partial charge in [-0.25, -0.2) is 9.78 Å². The van der Waals surface area contributed by atoms with E-state index in [0.717, 1.165) is 5.56 Å². The molecule has 1 aromatic rings. The average molecular weight is 279 g/mol. The van der Waals surface area contributed by atoms with Gasteiger partial charge >= 0.3 is 5.97 Å². The van der Waals surface area contributed by atoms with Crippen molar-refractivity contribution in [2.45, 2.75) is 19.5 Å². The fraction of sp³-hybridized carbons (Fsp3) is 0.462. The smallest absolute Gasteiger partial charge is 0.354 e. The van der Waals surface area contributed by atoms with Crippen LogP contribution >= 0.6 is 0 Å². The van der Waals surface area contributed by atoms with E-state index in [-0.39, 0.29) is 24.2 Å². The minimum absolute atomic E-state index is 0.0294. The molecule has 0 saturated carbocycles. The Kier molecular flexibility index (Phi) is 4.01. The number of ether oxygens (including phenoxy) is 1. The van der Waals surface area contributed by atoms with Crippen LogP contribution in [0.4, 0.5) is 0 Å². The number of amides is 1. The fourth-order valence-corrected chi connectivity index (χ4v) is 1.96. The Morgan fingerprint density at radius 1 is 1.60 bits per heavy atom.